The molecule has 5 atom stereocenters. The van der Waals surface area contributed by atoms with Gasteiger partial charge in [0.05, 0.1) is 0 Å². The molecular weight excluding hydrogens is 597 g/mol. The lowest BCUT2D eigenvalue weighted by atomic mass is 9.37. The molecule has 0 saturated heterocycles. The Balaban J connectivity index is 1.11. The second-order valence-electron chi connectivity index (χ2n) is 15.2. The van der Waals surface area contributed by atoms with E-state index in [2.05, 4.69) is 133 Å². The van der Waals surface area contributed by atoms with Crippen molar-refractivity contribution >= 4 is 53.1 Å². The molecule has 0 radical (unpaired) electrons. The first kappa shape index (κ1) is 26.3. The molecule has 12 rings (SSSR count). The average Bonchev–Trinajstić information content (AvgIpc) is 3.69. The number of rotatable bonds is 2. The van der Waals surface area contributed by atoms with Crippen molar-refractivity contribution in [3.8, 4) is 33.4 Å². The third-order valence-electron chi connectivity index (χ3n) is 13.4. The van der Waals surface area contributed by atoms with Crippen LogP contribution in [0.2, 0.25) is 0 Å². The molecular formula is C47H34S. The van der Waals surface area contributed by atoms with E-state index in [4.69, 9.17) is 0 Å². The van der Waals surface area contributed by atoms with Crippen molar-refractivity contribution in [3.63, 3.8) is 0 Å². The molecule has 4 aliphatic rings. The Kier molecular flexibility index (Phi) is 5.06. The second-order valence-corrected chi connectivity index (χ2v) is 16.3. The molecule has 48 heavy (non-hydrogen) atoms. The van der Waals surface area contributed by atoms with E-state index in [0.717, 1.165) is 17.8 Å². The Bertz CT molecular complexity index is 2620. The van der Waals surface area contributed by atoms with E-state index in [0.29, 0.717) is 11.3 Å². The summed E-state index contributed by atoms with van der Waals surface area (Å²) in [4.78, 5) is 0. The smallest absolute Gasteiger partial charge is 0.0355 e. The van der Waals surface area contributed by atoms with Gasteiger partial charge in [-0.3, -0.25) is 0 Å². The largest absolute Gasteiger partial charge is 0.135 e. The standard InChI is InChI=1S/C47H34S/c1-2-10-34-32(9-1)33-19-17-27(22-40(33)29-21-30-24-31-25-42(34)47(30,31)26-29)45-36-12-3-5-14-38(36)46(39-15-6-4-13-37(39)45)28-18-20-44-41(23-28)35-11-7-8-16-43(35)48-44/h1-20,22-23,29-31,42H,21,24-26H2. The van der Waals surface area contributed by atoms with Crippen LogP contribution in [-0.2, 0) is 0 Å². The van der Waals surface area contributed by atoms with Crippen molar-refractivity contribution in [3.05, 3.63) is 145 Å². The first-order valence-electron chi connectivity index (χ1n) is 17.8. The predicted molar refractivity (Wildman–Crippen MR) is 204 cm³/mol. The molecule has 0 aliphatic heterocycles. The van der Waals surface area contributed by atoms with E-state index in [-0.39, 0.29) is 0 Å². The van der Waals surface area contributed by atoms with Crippen LogP contribution in [-0.4, -0.2) is 0 Å². The summed E-state index contributed by atoms with van der Waals surface area (Å²) < 4.78 is 2.71. The lowest BCUT2D eigenvalue weighted by Crippen LogP contribution is -2.58. The van der Waals surface area contributed by atoms with Gasteiger partial charge in [-0.1, -0.05) is 115 Å². The minimum Gasteiger partial charge on any atom is -0.135 e. The van der Waals surface area contributed by atoms with E-state index in [1.807, 2.05) is 11.3 Å². The van der Waals surface area contributed by atoms with Gasteiger partial charge in [0.2, 0.25) is 0 Å². The molecule has 7 aromatic carbocycles. The van der Waals surface area contributed by atoms with Gasteiger partial charge in [-0.05, 0) is 139 Å². The molecule has 0 amide bonds. The molecule has 1 aromatic heterocycles. The highest BCUT2D eigenvalue weighted by Crippen LogP contribution is 2.80. The molecule has 228 valence electrons. The normalized spacial score (nSPS) is 24.8. The Morgan fingerprint density at radius 1 is 0.458 bits per heavy atom. The molecule has 1 heterocycles. The fraction of sp³-hybridized carbons (Fsp3) is 0.191. The lowest BCUT2D eigenvalue weighted by molar-refractivity contribution is -0.144. The summed E-state index contributed by atoms with van der Waals surface area (Å²) in [5, 5.41) is 8.06. The van der Waals surface area contributed by atoms with Crippen LogP contribution in [0.25, 0.3) is 75.1 Å². The predicted octanol–water partition coefficient (Wildman–Crippen LogP) is 13.4. The summed E-state index contributed by atoms with van der Waals surface area (Å²) in [6, 6.07) is 51.3. The van der Waals surface area contributed by atoms with Gasteiger partial charge < -0.3 is 0 Å². The topological polar surface area (TPSA) is 0 Å². The summed E-state index contributed by atoms with van der Waals surface area (Å²) in [5.41, 5.74) is 12.2. The van der Waals surface area contributed by atoms with E-state index in [1.165, 1.54) is 101 Å². The Morgan fingerprint density at radius 2 is 1.04 bits per heavy atom. The van der Waals surface area contributed by atoms with Crippen LogP contribution in [0.1, 0.15) is 48.6 Å². The van der Waals surface area contributed by atoms with E-state index in [9.17, 15) is 0 Å². The second kappa shape index (κ2) is 9.24. The molecule has 2 bridgehead atoms. The first-order chi connectivity index (χ1) is 23.8. The van der Waals surface area contributed by atoms with Gasteiger partial charge in [-0.15, -0.1) is 11.3 Å². The first-order valence-corrected chi connectivity index (χ1v) is 18.7. The zero-order valence-corrected chi connectivity index (χ0v) is 27.6. The molecule has 3 fully saturated rings. The van der Waals surface area contributed by atoms with Crippen molar-refractivity contribution < 1.29 is 0 Å². The third-order valence-corrected chi connectivity index (χ3v) is 14.6. The minimum absolute atomic E-state index is 0.574. The number of fused-ring (bicyclic) bond motifs is 11. The fourth-order valence-corrected chi connectivity index (χ4v) is 12.5. The van der Waals surface area contributed by atoms with Gasteiger partial charge >= 0.3 is 0 Å². The highest BCUT2D eigenvalue weighted by Gasteiger charge is 2.70. The summed E-state index contributed by atoms with van der Waals surface area (Å²) in [5.74, 6) is 3.30. The molecule has 0 N–H and O–H groups in total. The van der Waals surface area contributed by atoms with Crippen LogP contribution in [0.5, 0.6) is 0 Å². The van der Waals surface area contributed by atoms with E-state index < -0.39 is 0 Å². The number of benzene rings is 7. The van der Waals surface area contributed by atoms with Crippen LogP contribution in [0.3, 0.4) is 0 Å². The highest BCUT2D eigenvalue weighted by molar-refractivity contribution is 7.25. The zero-order valence-electron chi connectivity index (χ0n) is 26.7. The van der Waals surface area contributed by atoms with Gasteiger partial charge in [0.25, 0.3) is 0 Å². The minimum atomic E-state index is 0.574. The Hall–Kier alpha value is -4.72. The van der Waals surface area contributed by atoms with Crippen molar-refractivity contribution in [1.82, 2.24) is 0 Å². The maximum atomic E-state index is 2.63. The average molecular weight is 631 g/mol. The summed E-state index contributed by atoms with van der Waals surface area (Å²) in [6.45, 7) is 0. The van der Waals surface area contributed by atoms with Crippen LogP contribution in [0, 0.1) is 17.3 Å². The van der Waals surface area contributed by atoms with Gasteiger partial charge in [-0.2, -0.15) is 0 Å². The molecule has 8 aromatic rings. The zero-order chi connectivity index (χ0) is 31.1. The van der Waals surface area contributed by atoms with Crippen LogP contribution in [0.15, 0.2) is 133 Å². The number of thiophene rings is 1. The van der Waals surface area contributed by atoms with Crippen LogP contribution < -0.4 is 0 Å². The van der Waals surface area contributed by atoms with E-state index in [1.54, 1.807) is 11.1 Å². The lowest BCUT2D eigenvalue weighted by Gasteiger charge is -2.67. The summed E-state index contributed by atoms with van der Waals surface area (Å²) in [7, 11) is 0. The molecule has 4 aliphatic carbocycles. The van der Waals surface area contributed by atoms with Crippen LogP contribution in [0.4, 0.5) is 0 Å². The maximum absolute atomic E-state index is 2.63. The van der Waals surface area contributed by atoms with Crippen molar-refractivity contribution in [2.24, 2.45) is 17.3 Å². The van der Waals surface area contributed by atoms with Crippen molar-refractivity contribution in [2.45, 2.75) is 37.5 Å². The molecule has 0 nitrogen and oxygen atoms in total. The monoisotopic (exact) mass is 630 g/mol. The molecule has 1 spiro atoms. The third kappa shape index (κ3) is 3.22. The van der Waals surface area contributed by atoms with Crippen molar-refractivity contribution in [2.75, 3.05) is 0 Å². The maximum Gasteiger partial charge on any atom is 0.0355 e. The summed E-state index contributed by atoms with van der Waals surface area (Å²) in [6.07, 6.45) is 5.64. The fourth-order valence-electron chi connectivity index (χ4n) is 11.5. The van der Waals surface area contributed by atoms with Gasteiger partial charge in [0.15, 0.2) is 0 Å². The number of hydrogen-bond donors (Lipinski definition) is 0. The van der Waals surface area contributed by atoms with Crippen LogP contribution >= 0.6 is 11.3 Å². The van der Waals surface area contributed by atoms with E-state index >= 15 is 0 Å². The summed E-state index contributed by atoms with van der Waals surface area (Å²) >= 11 is 1.89. The van der Waals surface area contributed by atoms with Crippen molar-refractivity contribution in [1.29, 1.82) is 0 Å². The quantitative estimate of drug-likeness (QED) is 0.167. The van der Waals surface area contributed by atoms with Gasteiger partial charge in [0, 0.05) is 20.2 Å². The molecule has 3 saturated carbocycles. The molecule has 5 unspecified atom stereocenters. The van der Waals surface area contributed by atoms with Gasteiger partial charge in [-0.25, -0.2) is 0 Å². The number of hydrogen-bond acceptors (Lipinski definition) is 1. The Labute approximate surface area is 284 Å². The Morgan fingerprint density at radius 3 is 1.79 bits per heavy atom. The highest BCUT2D eigenvalue weighted by atomic mass is 32.1. The van der Waals surface area contributed by atoms with Gasteiger partial charge in [0.1, 0.15) is 0 Å². The SMILES string of the molecule is c1ccc2c(c1)-c1ccc(-c3c4ccccc4c(-c4ccc5sc6ccccc6c5c4)c4ccccc34)cc1C1CC3CC4CC2C34C1. The molecule has 1 heteroatoms.